The first-order chi connectivity index (χ1) is 12.0. The van der Waals surface area contributed by atoms with E-state index in [4.69, 9.17) is 4.74 Å². The molecule has 3 nitrogen and oxygen atoms in total. The number of nitrogens with one attached hydrogen (secondary N) is 1. The van der Waals surface area contributed by atoms with Gasteiger partial charge in [-0.05, 0) is 64.7 Å². The highest BCUT2D eigenvalue weighted by Gasteiger charge is 2.28. The number of fused-ring (bicyclic) bond motifs is 1. The Hall–Kier alpha value is -1.59. The van der Waals surface area contributed by atoms with E-state index in [2.05, 4.69) is 44.1 Å². The highest BCUT2D eigenvalue weighted by molar-refractivity contribution is 9.11. The minimum Gasteiger partial charge on any atom is -0.494 e. The van der Waals surface area contributed by atoms with Crippen LogP contribution in [0.15, 0.2) is 39.3 Å². The number of carbonyl (C=O) groups is 1. The molecule has 0 unspecified atom stereocenters. The lowest BCUT2D eigenvalue weighted by Crippen LogP contribution is -2.03. The van der Waals surface area contributed by atoms with Crippen LogP contribution < -0.4 is 10.1 Å². The van der Waals surface area contributed by atoms with Gasteiger partial charge in [0, 0.05) is 20.1 Å². The zero-order valence-corrected chi connectivity index (χ0v) is 17.3. The van der Waals surface area contributed by atoms with Crippen molar-refractivity contribution in [3.05, 3.63) is 56.0 Å². The summed E-state index contributed by atoms with van der Waals surface area (Å²) >= 11 is 7.08. The van der Waals surface area contributed by atoms with Gasteiger partial charge in [0.05, 0.1) is 12.3 Å². The number of carbonyl (C=O) groups excluding carboxylic acids is 1. The number of anilines is 1. The van der Waals surface area contributed by atoms with E-state index in [-0.39, 0.29) is 5.91 Å². The molecule has 0 spiro atoms. The maximum Gasteiger partial charge on any atom is 0.256 e. The molecule has 1 N–H and O–H groups in total. The van der Waals surface area contributed by atoms with E-state index >= 15 is 0 Å². The fraction of sp³-hybridized carbons (Fsp3) is 0.250. The molecule has 3 rings (SSSR count). The Morgan fingerprint density at radius 3 is 2.56 bits per heavy atom. The second-order valence-electron chi connectivity index (χ2n) is 6.00. The Labute approximate surface area is 164 Å². The van der Waals surface area contributed by atoms with Gasteiger partial charge in [0.2, 0.25) is 0 Å². The summed E-state index contributed by atoms with van der Waals surface area (Å²) in [6.45, 7) is 4.88. The van der Waals surface area contributed by atoms with E-state index in [0.717, 1.165) is 56.5 Å². The number of halogens is 2. The number of rotatable bonds is 5. The Balaban J connectivity index is 1.92. The molecule has 0 radical (unpaired) electrons. The molecular weight excluding hydrogens is 446 g/mol. The first-order valence-electron chi connectivity index (χ1n) is 8.26. The lowest BCUT2D eigenvalue weighted by molar-refractivity contribution is -0.110. The Morgan fingerprint density at radius 2 is 1.88 bits per heavy atom. The smallest absolute Gasteiger partial charge is 0.256 e. The summed E-state index contributed by atoms with van der Waals surface area (Å²) < 4.78 is 7.53. The van der Waals surface area contributed by atoms with Gasteiger partial charge in [-0.15, -0.1) is 0 Å². The maximum atomic E-state index is 12.5. The quantitative estimate of drug-likeness (QED) is 0.423. The molecule has 0 fully saturated rings. The van der Waals surface area contributed by atoms with Gasteiger partial charge >= 0.3 is 0 Å². The molecule has 0 saturated carbocycles. The lowest BCUT2D eigenvalue weighted by Gasteiger charge is -2.09. The van der Waals surface area contributed by atoms with Crippen molar-refractivity contribution in [1.29, 1.82) is 0 Å². The van der Waals surface area contributed by atoms with E-state index in [9.17, 15) is 4.79 Å². The van der Waals surface area contributed by atoms with Gasteiger partial charge in [-0.1, -0.05) is 41.4 Å². The molecule has 1 amide bonds. The van der Waals surface area contributed by atoms with Gasteiger partial charge in [-0.3, -0.25) is 4.79 Å². The topological polar surface area (TPSA) is 38.3 Å². The van der Waals surface area contributed by atoms with Crippen molar-refractivity contribution in [1.82, 2.24) is 0 Å². The van der Waals surface area contributed by atoms with Gasteiger partial charge in [0.15, 0.2) is 0 Å². The van der Waals surface area contributed by atoms with Crippen molar-refractivity contribution >= 4 is 55.1 Å². The highest BCUT2D eigenvalue weighted by Crippen LogP contribution is 2.43. The fourth-order valence-corrected chi connectivity index (χ4v) is 4.03. The van der Waals surface area contributed by atoms with Crippen LogP contribution in [0.1, 0.15) is 36.5 Å². The van der Waals surface area contributed by atoms with E-state index < -0.39 is 0 Å². The van der Waals surface area contributed by atoms with Crippen LogP contribution in [0, 0.1) is 6.92 Å². The molecule has 1 aliphatic rings. The van der Waals surface area contributed by atoms with Gasteiger partial charge < -0.3 is 10.1 Å². The van der Waals surface area contributed by atoms with Crippen molar-refractivity contribution < 1.29 is 9.53 Å². The molecule has 2 aromatic rings. The average molecular weight is 465 g/mol. The number of hydrogen-bond acceptors (Lipinski definition) is 2. The standard InChI is InChI=1S/C20H19Br2NO2/c1-3-4-9-25-14-7-5-13(6-8-14)10-15-18-12(2)16(21)11-17(22)19(18)23-20(15)24/h5-8,10-11H,3-4,9H2,1-2H3,(H,23,24). The molecule has 2 aromatic carbocycles. The summed E-state index contributed by atoms with van der Waals surface area (Å²) in [5.74, 6) is 0.772. The number of unbranched alkanes of at least 4 members (excludes halogenated alkanes) is 1. The van der Waals surface area contributed by atoms with Crippen molar-refractivity contribution in [3.8, 4) is 5.75 Å². The number of amides is 1. The van der Waals surface area contributed by atoms with Crippen LogP contribution in [0.2, 0.25) is 0 Å². The predicted molar refractivity (Wildman–Crippen MR) is 110 cm³/mol. The molecule has 5 heteroatoms. The molecular formula is C20H19Br2NO2. The summed E-state index contributed by atoms with van der Waals surface area (Å²) in [6.07, 6.45) is 4.08. The van der Waals surface area contributed by atoms with Gasteiger partial charge in [0.25, 0.3) is 5.91 Å². The first kappa shape index (κ1) is 18.2. The highest BCUT2D eigenvalue weighted by atomic mass is 79.9. The minimum absolute atomic E-state index is 0.0832. The maximum absolute atomic E-state index is 12.5. The lowest BCUT2D eigenvalue weighted by atomic mass is 9.99. The molecule has 0 saturated heterocycles. The molecule has 0 aromatic heterocycles. The predicted octanol–water partition coefficient (Wildman–Crippen LogP) is 6.19. The zero-order valence-electron chi connectivity index (χ0n) is 14.2. The van der Waals surface area contributed by atoms with Gasteiger partial charge in [-0.25, -0.2) is 0 Å². The molecule has 1 aliphatic heterocycles. The van der Waals surface area contributed by atoms with Crippen LogP contribution in [0.4, 0.5) is 5.69 Å². The summed E-state index contributed by atoms with van der Waals surface area (Å²) in [7, 11) is 0. The third-order valence-electron chi connectivity index (χ3n) is 4.19. The van der Waals surface area contributed by atoms with Gasteiger partial charge in [0.1, 0.15) is 5.75 Å². The Morgan fingerprint density at radius 1 is 1.16 bits per heavy atom. The molecule has 0 bridgehead atoms. The van der Waals surface area contributed by atoms with Gasteiger partial charge in [-0.2, -0.15) is 0 Å². The zero-order chi connectivity index (χ0) is 18.0. The molecule has 0 aliphatic carbocycles. The summed E-state index contributed by atoms with van der Waals surface area (Å²) in [5.41, 5.74) is 4.46. The van der Waals surface area contributed by atoms with Crippen LogP contribution in [-0.2, 0) is 4.79 Å². The van der Waals surface area contributed by atoms with E-state index in [1.807, 2.05) is 43.3 Å². The average Bonchev–Trinajstić information content (AvgIpc) is 2.92. The normalized spacial score (nSPS) is 14.6. The van der Waals surface area contributed by atoms with Crippen molar-refractivity contribution in [3.63, 3.8) is 0 Å². The summed E-state index contributed by atoms with van der Waals surface area (Å²) in [4.78, 5) is 12.5. The molecule has 0 atom stereocenters. The molecule has 130 valence electrons. The summed E-state index contributed by atoms with van der Waals surface area (Å²) in [5, 5.41) is 2.95. The fourth-order valence-electron chi connectivity index (χ4n) is 2.77. The van der Waals surface area contributed by atoms with Crippen molar-refractivity contribution in [2.45, 2.75) is 26.7 Å². The van der Waals surface area contributed by atoms with Crippen LogP contribution in [-0.4, -0.2) is 12.5 Å². The van der Waals surface area contributed by atoms with E-state index in [1.54, 1.807) is 0 Å². The van der Waals surface area contributed by atoms with Crippen LogP contribution in [0.25, 0.3) is 11.6 Å². The van der Waals surface area contributed by atoms with E-state index in [0.29, 0.717) is 5.57 Å². The SMILES string of the molecule is CCCCOc1ccc(C=C2C(=O)Nc3c(Br)cc(Br)c(C)c32)cc1. The van der Waals surface area contributed by atoms with Crippen molar-refractivity contribution in [2.75, 3.05) is 11.9 Å². The molecule has 1 heterocycles. The van der Waals surface area contributed by atoms with Crippen LogP contribution in [0.5, 0.6) is 5.75 Å². The van der Waals surface area contributed by atoms with Crippen LogP contribution in [0.3, 0.4) is 0 Å². The first-order valence-corrected chi connectivity index (χ1v) is 9.84. The Kier molecular flexibility index (Phi) is 5.64. The monoisotopic (exact) mass is 463 g/mol. The van der Waals surface area contributed by atoms with Crippen LogP contribution >= 0.6 is 31.9 Å². The summed E-state index contributed by atoms with van der Waals surface area (Å²) in [6, 6.07) is 9.79. The number of ether oxygens (including phenoxy) is 1. The van der Waals surface area contributed by atoms with E-state index in [1.165, 1.54) is 0 Å². The molecule has 25 heavy (non-hydrogen) atoms. The third-order valence-corrected chi connectivity index (χ3v) is 5.63. The second-order valence-corrected chi connectivity index (χ2v) is 7.71. The minimum atomic E-state index is -0.0832. The number of hydrogen-bond donors (Lipinski definition) is 1. The Bertz CT molecular complexity index is 842. The van der Waals surface area contributed by atoms with Crippen molar-refractivity contribution in [2.24, 2.45) is 0 Å². The largest absolute Gasteiger partial charge is 0.494 e. The number of benzene rings is 2. The second kappa shape index (κ2) is 7.75. The third kappa shape index (κ3) is 3.82.